The van der Waals surface area contributed by atoms with Gasteiger partial charge in [-0.15, -0.1) is 0 Å². The highest BCUT2D eigenvalue weighted by Crippen LogP contribution is 2.36. The summed E-state index contributed by atoms with van der Waals surface area (Å²) in [7, 11) is 0. The lowest BCUT2D eigenvalue weighted by molar-refractivity contribution is 0.104. The number of carbonyl (C=O) groups excluding carboxylic acids is 1. The minimum absolute atomic E-state index is 0.125. The van der Waals surface area contributed by atoms with Crippen LogP contribution in [-0.4, -0.2) is 17.7 Å². The minimum Gasteiger partial charge on any atom is -0.434 e. The molecule has 0 unspecified atom stereocenters. The predicted molar refractivity (Wildman–Crippen MR) is 86.1 cm³/mol. The van der Waals surface area contributed by atoms with Gasteiger partial charge >= 0.3 is 6.16 Å². The summed E-state index contributed by atoms with van der Waals surface area (Å²) >= 11 is 0. The quantitative estimate of drug-likeness (QED) is 0.756. The first-order chi connectivity index (χ1) is 10.9. The van der Waals surface area contributed by atoms with E-state index in [1.54, 1.807) is 19.1 Å². The van der Waals surface area contributed by atoms with Crippen LogP contribution >= 0.6 is 0 Å². The molecule has 0 saturated carbocycles. The number of benzene rings is 1. The third kappa shape index (κ3) is 4.06. The molecule has 0 aliphatic heterocycles. The van der Waals surface area contributed by atoms with Gasteiger partial charge in [-0.2, -0.15) is 0 Å². The molecule has 0 aliphatic carbocycles. The van der Waals surface area contributed by atoms with Crippen molar-refractivity contribution < 1.29 is 18.7 Å². The van der Waals surface area contributed by atoms with Gasteiger partial charge in [-0.25, -0.2) is 14.2 Å². The van der Waals surface area contributed by atoms with E-state index in [9.17, 15) is 9.18 Å². The van der Waals surface area contributed by atoms with Gasteiger partial charge in [0.05, 0.1) is 6.61 Å². The molecular weight excluding hydrogens is 297 g/mol. The minimum atomic E-state index is -0.775. The van der Waals surface area contributed by atoms with Gasteiger partial charge in [-0.3, -0.25) is 0 Å². The molecule has 2 aromatic rings. The lowest BCUT2D eigenvalue weighted by Gasteiger charge is -2.17. The summed E-state index contributed by atoms with van der Waals surface area (Å²) in [6.45, 7) is 7.80. The molecule has 1 aromatic carbocycles. The molecule has 4 nitrogen and oxygen atoms in total. The van der Waals surface area contributed by atoms with E-state index in [1.165, 1.54) is 12.1 Å². The van der Waals surface area contributed by atoms with Crippen molar-refractivity contribution in [2.75, 3.05) is 6.61 Å². The fourth-order valence-corrected chi connectivity index (χ4v) is 2.26. The standard InChI is InChI=1S/C18H20FNO3/c1-5-22-18(21)23-17-15(11(2)3)10-12(4)20-16(17)13-6-8-14(19)9-7-13/h6-11H,5H2,1-4H3. The van der Waals surface area contributed by atoms with Crippen LogP contribution in [0.5, 0.6) is 5.75 Å². The van der Waals surface area contributed by atoms with E-state index in [2.05, 4.69) is 4.98 Å². The Balaban J connectivity index is 2.58. The molecule has 0 atom stereocenters. The molecule has 5 heteroatoms. The maximum Gasteiger partial charge on any atom is 0.513 e. The number of hydrogen-bond donors (Lipinski definition) is 0. The first-order valence-electron chi connectivity index (χ1n) is 7.54. The zero-order chi connectivity index (χ0) is 17.0. The first kappa shape index (κ1) is 16.9. The van der Waals surface area contributed by atoms with Crippen molar-refractivity contribution in [3.05, 3.63) is 47.4 Å². The van der Waals surface area contributed by atoms with Crippen molar-refractivity contribution in [2.45, 2.75) is 33.6 Å². The molecule has 0 bridgehead atoms. The maximum absolute atomic E-state index is 13.2. The van der Waals surface area contributed by atoms with Gasteiger partial charge < -0.3 is 9.47 Å². The fraction of sp³-hybridized carbons (Fsp3) is 0.333. The van der Waals surface area contributed by atoms with Crippen LogP contribution < -0.4 is 4.74 Å². The monoisotopic (exact) mass is 317 g/mol. The molecule has 0 spiro atoms. The Bertz CT molecular complexity index is 696. The van der Waals surface area contributed by atoms with E-state index in [1.807, 2.05) is 26.8 Å². The number of nitrogens with zero attached hydrogens (tertiary/aromatic N) is 1. The van der Waals surface area contributed by atoms with Crippen LogP contribution in [0.4, 0.5) is 9.18 Å². The maximum atomic E-state index is 13.2. The Kier molecular flexibility index (Phi) is 5.32. The van der Waals surface area contributed by atoms with E-state index in [0.29, 0.717) is 17.0 Å². The Morgan fingerprint density at radius 3 is 2.48 bits per heavy atom. The smallest absolute Gasteiger partial charge is 0.434 e. The van der Waals surface area contributed by atoms with Gasteiger partial charge in [-0.1, -0.05) is 13.8 Å². The second-order valence-electron chi connectivity index (χ2n) is 5.48. The molecule has 0 N–H and O–H groups in total. The Labute approximate surface area is 135 Å². The zero-order valence-electron chi connectivity index (χ0n) is 13.7. The van der Waals surface area contributed by atoms with E-state index in [0.717, 1.165) is 11.3 Å². The molecule has 0 amide bonds. The number of carbonyl (C=O) groups is 1. The molecule has 0 aliphatic rings. The summed E-state index contributed by atoms with van der Waals surface area (Å²) < 4.78 is 23.4. The van der Waals surface area contributed by atoms with Crippen LogP contribution in [-0.2, 0) is 4.74 Å². The summed E-state index contributed by atoms with van der Waals surface area (Å²) in [5.41, 5.74) is 2.83. The largest absolute Gasteiger partial charge is 0.513 e. The highest BCUT2D eigenvalue weighted by molar-refractivity contribution is 5.74. The molecule has 0 fully saturated rings. The van der Waals surface area contributed by atoms with Gasteiger partial charge in [-0.05, 0) is 50.1 Å². The zero-order valence-corrected chi connectivity index (χ0v) is 13.7. The van der Waals surface area contributed by atoms with E-state index < -0.39 is 6.16 Å². The normalized spacial score (nSPS) is 10.7. The summed E-state index contributed by atoms with van der Waals surface area (Å²) in [4.78, 5) is 16.3. The number of rotatable bonds is 4. The Hall–Kier alpha value is -2.43. The molecule has 0 radical (unpaired) electrons. The van der Waals surface area contributed by atoms with Crippen LogP contribution in [0.15, 0.2) is 30.3 Å². The summed E-state index contributed by atoms with van der Waals surface area (Å²) in [5, 5.41) is 0. The first-order valence-corrected chi connectivity index (χ1v) is 7.54. The number of aromatic nitrogens is 1. The second kappa shape index (κ2) is 7.22. The number of hydrogen-bond acceptors (Lipinski definition) is 4. The summed E-state index contributed by atoms with van der Waals surface area (Å²) in [5.74, 6) is 0.148. The van der Waals surface area contributed by atoms with Gasteiger partial charge in [0.2, 0.25) is 0 Å². The number of ether oxygens (including phenoxy) is 2. The predicted octanol–water partition coefficient (Wildman–Crippen LogP) is 4.85. The molecule has 0 saturated heterocycles. The topological polar surface area (TPSA) is 48.4 Å². The van der Waals surface area contributed by atoms with E-state index in [4.69, 9.17) is 9.47 Å². The van der Waals surface area contributed by atoms with Gasteiger partial charge in [0.1, 0.15) is 11.5 Å². The van der Waals surface area contributed by atoms with Crippen molar-refractivity contribution in [1.29, 1.82) is 0 Å². The average Bonchev–Trinajstić information content (AvgIpc) is 2.49. The highest BCUT2D eigenvalue weighted by Gasteiger charge is 2.20. The van der Waals surface area contributed by atoms with Crippen LogP contribution in [0.3, 0.4) is 0 Å². The number of aryl methyl sites for hydroxylation is 1. The van der Waals surface area contributed by atoms with Crippen LogP contribution in [0, 0.1) is 12.7 Å². The number of pyridine rings is 1. The second-order valence-corrected chi connectivity index (χ2v) is 5.48. The molecular formula is C18H20FNO3. The lowest BCUT2D eigenvalue weighted by Crippen LogP contribution is -2.13. The highest BCUT2D eigenvalue weighted by atomic mass is 19.1. The lowest BCUT2D eigenvalue weighted by atomic mass is 9.98. The van der Waals surface area contributed by atoms with Crippen molar-refractivity contribution >= 4 is 6.16 Å². The third-order valence-electron chi connectivity index (χ3n) is 3.32. The fourth-order valence-electron chi connectivity index (χ4n) is 2.26. The molecule has 2 rings (SSSR count). The van der Waals surface area contributed by atoms with Crippen LogP contribution in [0.25, 0.3) is 11.3 Å². The average molecular weight is 317 g/mol. The van der Waals surface area contributed by atoms with Crippen LogP contribution in [0.2, 0.25) is 0 Å². The SMILES string of the molecule is CCOC(=O)Oc1c(C(C)C)cc(C)nc1-c1ccc(F)cc1. The van der Waals surface area contributed by atoms with Crippen molar-refractivity contribution in [3.8, 4) is 17.0 Å². The summed E-state index contributed by atoms with van der Waals surface area (Å²) in [6, 6.07) is 7.80. The molecule has 23 heavy (non-hydrogen) atoms. The molecule has 1 aromatic heterocycles. The van der Waals surface area contributed by atoms with Crippen molar-refractivity contribution in [1.82, 2.24) is 4.98 Å². The van der Waals surface area contributed by atoms with Crippen LogP contribution in [0.1, 0.15) is 37.9 Å². The van der Waals surface area contributed by atoms with Crippen molar-refractivity contribution in [3.63, 3.8) is 0 Å². The molecule has 122 valence electrons. The third-order valence-corrected chi connectivity index (χ3v) is 3.32. The Morgan fingerprint density at radius 2 is 1.91 bits per heavy atom. The van der Waals surface area contributed by atoms with Crippen molar-refractivity contribution in [2.24, 2.45) is 0 Å². The van der Waals surface area contributed by atoms with Gasteiger partial charge in [0.15, 0.2) is 5.75 Å². The van der Waals surface area contributed by atoms with E-state index in [-0.39, 0.29) is 18.3 Å². The van der Waals surface area contributed by atoms with Gasteiger partial charge in [0, 0.05) is 16.8 Å². The van der Waals surface area contributed by atoms with Gasteiger partial charge in [0.25, 0.3) is 0 Å². The number of halogens is 1. The molecule has 1 heterocycles. The van der Waals surface area contributed by atoms with E-state index >= 15 is 0 Å². The Morgan fingerprint density at radius 1 is 1.26 bits per heavy atom. The summed E-state index contributed by atoms with van der Waals surface area (Å²) in [6.07, 6.45) is -0.775.